The maximum absolute atomic E-state index is 6.90. The molecule has 0 aliphatic rings. The van der Waals surface area contributed by atoms with Gasteiger partial charge < -0.3 is 8.85 Å². The highest BCUT2D eigenvalue weighted by molar-refractivity contribution is 6.74. The van der Waals surface area contributed by atoms with Crippen molar-refractivity contribution < 1.29 is 8.85 Å². The van der Waals surface area contributed by atoms with Crippen molar-refractivity contribution in [2.45, 2.75) is 118 Å². The topological polar surface area (TPSA) is 18.5 Å². The first-order valence-corrected chi connectivity index (χ1v) is 16.1. The third-order valence-corrected chi connectivity index (χ3v) is 15.6. The molecule has 0 saturated heterocycles. The van der Waals surface area contributed by atoms with Crippen LogP contribution in [0.1, 0.15) is 75.2 Å². The van der Waals surface area contributed by atoms with Crippen LogP contribution >= 0.6 is 0 Å². The SMILES string of the molecule is CCC[C@@H](C)[C@H](O[Si](C)(C)C(C)(C)C)[C@H](C)CO[Si](C)(C)C(C)(C)C. The zero-order valence-electron chi connectivity index (χ0n) is 19.7. The Morgan fingerprint density at radius 1 is 0.760 bits per heavy atom. The van der Waals surface area contributed by atoms with E-state index in [0.29, 0.717) is 17.9 Å². The summed E-state index contributed by atoms with van der Waals surface area (Å²) in [7, 11) is -3.48. The second-order valence-electron chi connectivity index (χ2n) is 11.2. The smallest absolute Gasteiger partial charge is 0.192 e. The summed E-state index contributed by atoms with van der Waals surface area (Å²) in [5.74, 6) is 1.02. The molecular weight excluding hydrogens is 340 g/mol. The molecule has 0 spiro atoms. The van der Waals surface area contributed by atoms with Crippen molar-refractivity contribution in [1.82, 2.24) is 0 Å². The van der Waals surface area contributed by atoms with Crippen LogP contribution in [-0.2, 0) is 8.85 Å². The zero-order valence-corrected chi connectivity index (χ0v) is 21.7. The zero-order chi connectivity index (χ0) is 20.3. The molecule has 152 valence electrons. The van der Waals surface area contributed by atoms with E-state index in [1.165, 1.54) is 12.8 Å². The number of rotatable bonds is 9. The van der Waals surface area contributed by atoms with Crippen molar-refractivity contribution in [3.05, 3.63) is 0 Å². The van der Waals surface area contributed by atoms with Crippen LogP contribution < -0.4 is 0 Å². The molecule has 0 aromatic heterocycles. The molecule has 2 nitrogen and oxygen atoms in total. The van der Waals surface area contributed by atoms with E-state index in [0.717, 1.165) is 6.61 Å². The van der Waals surface area contributed by atoms with Gasteiger partial charge in [-0.25, -0.2) is 0 Å². The van der Waals surface area contributed by atoms with Gasteiger partial charge in [-0.05, 0) is 48.6 Å². The minimum atomic E-state index is -1.78. The Labute approximate surface area is 161 Å². The predicted octanol–water partition coefficient (Wildman–Crippen LogP) is 7.47. The molecule has 4 heteroatoms. The van der Waals surface area contributed by atoms with E-state index in [1.807, 2.05) is 0 Å². The lowest BCUT2D eigenvalue weighted by molar-refractivity contribution is 0.0451. The summed E-state index contributed by atoms with van der Waals surface area (Å²) in [5, 5.41) is 0.509. The largest absolute Gasteiger partial charge is 0.416 e. The van der Waals surface area contributed by atoms with E-state index in [-0.39, 0.29) is 10.1 Å². The summed E-state index contributed by atoms with van der Waals surface area (Å²) in [5.41, 5.74) is 0. The van der Waals surface area contributed by atoms with Gasteiger partial charge in [0.25, 0.3) is 0 Å². The summed E-state index contributed by atoms with van der Waals surface area (Å²) in [4.78, 5) is 0. The van der Waals surface area contributed by atoms with Crippen molar-refractivity contribution in [3.8, 4) is 0 Å². The van der Waals surface area contributed by atoms with Crippen LogP contribution in [0.3, 0.4) is 0 Å². The lowest BCUT2D eigenvalue weighted by Crippen LogP contribution is -2.49. The molecule has 0 aliphatic heterocycles. The second kappa shape index (κ2) is 9.03. The molecule has 0 bridgehead atoms. The third-order valence-electron chi connectivity index (χ3n) is 6.62. The monoisotopic (exact) mass is 388 g/mol. The lowest BCUT2D eigenvalue weighted by atomic mass is 9.91. The van der Waals surface area contributed by atoms with Crippen molar-refractivity contribution >= 4 is 16.6 Å². The molecule has 0 heterocycles. The first kappa shape index (κ1) is 25.4. The molecule has 0 rings (SSSR count). The second-order valence-corrected chi connectivity index (χ2v) is 20.7. The molecule has 0 aliphatic carbocycles. The number of hydrogen-bond donors (Lipinski definition) is 0. The van der Waals surface area contributed by atoms with E-state index in [1.54, 1.807) is 0 Å². The lowest BCUT2D eigenvalue weighted by Gasteiger charge is -2.44. The van der Waals surface area contributed by atoms with E-state index >= 15 is 0 Å². The summed E-state index contributed by atoms with van der Waals surface area (Å²) in [6.45, 7) is 31.2. The minimum Gasteiger partial charge on any atom is -0.416 e. The van der Waals surface area contributed by atoms with E-state index in [2.05, 4.69) is 88.5 Å². The van der Waals surface area contributed by atoms with E-state index < -0.39 is 16.6 Å². The van der Waals surface area contributed by atoms with Gasteiger partial charge in [-0.15, -0.1) is 0 Å². The summed E-state index contributed by atoms with van der Waals surface area (Å²) in [6.07, 6.45) is 2.74. The quantitative estimate of drug-likeness (QED) is 0.381. The predicted molar refractivity (Wildman–Crippen MR) is 118 cm³/mol. The molecule has 0 aromatic carbocycles. The maximum Gasteiger partial charge on any atom is 0.192 e. The van der Waals surface area contributed by atoms with E-state index in [9.17, 15) is 0 Å². The molecule has 0 amide bonds. The third kappa shape index (κ3) is 7.47. The van der Waals surface area contributed by atoms with Crippen LogP contribution in [0.2, 0.25) is 36.3 Å². The Bertz CT molecular complexity index is 392. The van der Waals surface area contributed by atoms with Gasteiger partial charge in [0.15, 0.2) is 16.6 Å². The van der Waals surface area contributed by atoms with Crippen LogP contribution in [0.4, 0.5) is 0 Å². The molecule has 0 radical (unpaired) electrons. The van der Waals surface area contributed by atoms with Crippen LogP contribution in [0, 0.1) is 11.8 Å². The summed E-state index contributed by atoms with van der Waals surface area (Å²) in [6, 6.07) is 0. The Morgan fingerprint density at radius 3 is 1.56 bits per heavy atom. The fraction of sp³-hybridized carbons (Fsp3) is 1.00. The molecule has 0 saturated carbocycles. The molecule has 0 N–H and O–H groups in total. The standard InChI is InChI=1S/C21H48O2Si2/c1-14-15-17(2)19(23-25(12,13)21(7,8)9)18(3)16-22-24(10,11)20(4,5)6/h17-19H,14-16H2,1-13H3/t17-,18-,19+/m1/s1. The van der Waals surface area contributed by atoms with Crippen molar-refractivity contribution in [3.63, 3.8) is 0 Å². The molecule has 0 unspecified atom stereocenters. The molecule has 3 atom stereocenters. The van der Waals surface area contributed by atoms with Gasteiger partial charge in [-0.3, -0.25) is 0 Å². The molecule has 0 aromatic rings. The Kier molecular flexibility index (Phi) is 9.16. The van der Waals surface area contributed by atoms with Gasteiger partial charge >= 0.3 is 0 Å². The summed E-state index contributed by atoms with van der Waals surface area (Å²) >= 11 is 0. The molecular formula is C21H48O2Si2. The fourth-order valence-corrected chi connectivity index (χ4v) is 5.19. The van der Waals surface area contributed by atoms with Gasteiger partial charge in [0.05, 0.1) is 6.10 Å². The average Bonchev–Trinajstić information content (AvgIpc) is 2.40. The Morgan fingerprint density at radius 2 is 1.20 bits per heavy atom. The highest BCUT2D eigenvalue weighted by Crippen LogP contribution is 2.40. The van der Waals surface area contributed by atoms with Crippen molar-refractivity contribution in [2.75, 3.05) is 6.61 Å². The average molecular weight is 389 g/mol. The van der Waals surface area contributed by atoms with Crippen molar-refractivity contribution in [2.24, 2.45) is 11.8 Å². The molecule has 25 heavy (non-hydrogen) atoms. The maximum atomic E-state index is 6.90. The number of hydrogen-bond acceptors (Lipinski definition) is 2. The van der Waals surface area contributed by atoms with Crippen LogP contribution in [0.15, 0.2) is 0 Å². The summed E-state index contributed by atoms with van der Waals surface area (Å²) < 4.78 is 13.4. The van der Waals surface area contributed by atoms with Crippen molar-refractivity contribution in [1.29, 1.82) is 0 Å². The van der Waals surface area contributed by atoms with Crippen LogP contribution in [-0.4, -0.2) is 29.3 Å². The van der Waals surface area contributed by atoms with Crippen LogP contribution in [0.25, 0.3) is 0 Å². The van der Waals surface area contributed by atoms with Crippen LogP contribution in [0.5, 0.6) is 0 Å². The fourth-order valence-electron chi connectivity index (χ4n) is 2.58. The van der Waals surface area contributed by atoms with Gasteiger partial charge in [0.2, 0.25) is 0 Å². The van der Waals surface area contributed by atoms with Gasteiger partial charge in [-0.1, -0.05) is 68.7 Å². The molecule has 0 fully saturated rings. The normalized spacial score (nSPS) is 18.1. The first-order valence-electron chi connectivity index (χ1n) is 10.3. The first-order chi connectivity index (χ1) is 11.0. The highest BCUT2D eigenvalue weighted by Gasteiger charge is 2.42. The Balaban J connectivity index is 5.23. The van der Waals surface area contributed by atoms with Gasteiger partial charge in [-0.2, -0.15) is 0 Å². The minimum absolute atomic E-state index is 0.247. The Hall–Kier alpha value is 0.354. The van der Waals surface area contributed by atoms with E-state index in [4.69, 9.17) is 8.85 Å². The highest BCUT2D eigenvalue weighted by atomic mass is 28.4. The van der Waals surface area contributed by atoms with Gasteiger partial charge in [0, 0.05) is 12.5 Å². The van der Waals surface area contributed by atoms with Gasteiger partial charge in [0.1, 0.15) is 0 Å².